The third-order valence-corrected chi connectivity index (χ3v) is 6.73. The predicted octanol–water partition coefficient (Wildman–Crippen LogP) is 4.63. The summed E-state index contributed by atoms with van der Waals surface area (Å²) < 4.78 is 1.06. The predicted molar refractivity (Wildman–Crippen MR) is 113 cm³/mol. The van der Waals surface area contributed by atoms with E-state index < -0.39 is 0 Å². The number of carbonyl (C=O) groups is 2. The second-order valence-corrected chi connectivity index (χ2v) is 9.19. The van der Waals surface area contributed by atoms with E-state index in [0.717, 1.165) is 38.0 Å². The van der Waals surface area contributed by atoms with Crippen LogP contribution in [0.4, 0.5) is 5.13 Å². The number of ketones is 1. The van der Waals surface area contributed by atoms with Gasteiger partial charge in [0.05, 0.1) is 31.6 Å². The highest BCUT2D eigenvalue weighted by molar-refractivity contribution is 8.14. The van der Waals surface area contributed by atoms with Crippen molar-refractivity contribution in [2.75, 3.05) is 16.8 Å². The summed E-state index contributed by atoms with van der Waals surface area (Å²) in [6.07, 6.45) is 0.800. The first-order valence-corrected chi connectivity index (χ1v) is 10.9. The van der Waals surface area contributed by atoms with Gasteiger partial charge >= 0.3 is 0 Å². The van der Waals surface area contributed by atoms with Crippen molar-refractivity contribution < 1.29 is 9.59 Å². The number of carbonyl (C=O) groups excluding carboxylic acids is 2. The van der Waals surface area contributed by atoms with E-state index in [2.05, 4.69) is 21.4 Å². The fraction of sp³-hybridized carbons (Fsp3) is 0.333. The van der Waals surface area contributed by atoms with Gasteiger partial charge in [0.25, 0.3) is 0 Å². The zero-order chi connectivity index (χ0) is 18.7. The molecule has 1 aromatic carbocycles. The van der Waals surface area contributed by atoms with Gasteiger partial charge in [-0.15, -0.1) is 23.5 Å². The molecule has 1 aliphatic heterocycles. The molecule has 136 valence electrons. The number of rotatable bonds is 5. The summed E-state index contributed by atoms with van der Waals surface area (Å²) in [6, 6.07) is 6.03. The first-order chi connectivity index (χ1) is 12.4. The number of hydrogen-bond donors (Lipinski definition) is 1. The lowest BCUT2D eigenvalue weighted by Gasteiger charge is -2.03. The summed E-state index contributed by atoms with van der Waals surface area (Å²) in [5, 5.41) is 4.25. The maximum Gasteiger partial charge on any atom is 0.236 e. The maximum atomic E-state index is 12.2. The molecule has 0 radical (unpaired) electrons. The minimum absolute atomic E-state index is 0.0628. The van der Waals surface area contributed by atoms with Crippen LogP contribution >= 0.6 is 34.9 Å². The average Bonchev–Trinajstić information content (AvgIpc) is 3.18. The maximum absolute atomic E-state index is 12.2. The van der Waals surface area contributed by atoms with Gasteiger partial charge in [-0.25, -0.2) is 9.98 Å². The van der Waals surface area contributed by atoms with Gasteiger partial charge in [0.15, 0.2) is 10.9 Å². The number of nitrogens with one attached hydrogen (secondary N) is 1. The Labute approximate surface area is 164 Å². The average molecular weight is 406 g/mol. The van der Waals surface area contributed by atoms with E-state index in [9.17, 15) is 9.59 Å². The fourth-order valence-electron chi connectivity index (χ4n) is 2.49. The number of amides is 1. The first kappa shape index (κ1) is 19.1. The molecule has 0 saturated heterocycles. The van der Waals surface area contributed by atoms with Crippen LogP contribution in [-0.4, -0.2) is 33.2 Å². The van der Waals surface area contributed by atoms with Crippen LogP contribution in [0, 0.1) is 6.92 Å². The molecular weight excluding hydrogens is 386 g/mol. The van der Waals surface area contributed by atoms with Crippen LogP contribution < -0.4 is 5.32 Å². The van der Waals surface area contributed by atoms with Gasteiger partial charge in [0.1, 0.15) is 0 Å². The van der Waals surface area contributed by atoms with Gasteiger partial charge in [0, 0.05) is 12.2 Å². The molecule has 1 amide bonds. The molecule has 8 heteroatoms. The van der Waals surface area contributed by atoms with Gasteiger partial charge in [-0.1, -0.05) is 17.4 Å². The Morgan fingerprint density at radius 3 is 2.92 bits per heavy atom. The summed E-state index contributed by atoms with van der Waals surface area (Å²) in [4.78, 5) is 33.5. The summed E-state index contributed by atoms with van der Waals surface area (Å²) >= 11 is 4.40. The van der Waals surface area contributed by atoms with Crippen molar-refractivity contribution in [3.63, 3.8) is 0 Å². The highest BCUT2D eigenvalue weighted by atomic mass is 32.2. The number of benzene rings is 1. The lowest BCUT2D eigenvalue weighted by atomic mass is 10.2. The topological polar surface area (TPSA) is 71.4 Å². The summed E-state index contributed by atoms with van der Waals surface area (Å²) in [5.74, 6) is 1.11. The van der Waals surface area contributed by atoms with E-state index in [-0.39, 0.29) is 17.4 Å². The normalized spacial score (nSPS) is 15.0. The number of aromatic nitrogens is 1. The van der Waals surface area contributed by atoms with E-state index >= 15 is 0 Å². The van der Waals surface area contributed by atoms with E-state index in [1.807, 2.05) is 26.0 Å². The Kier molecular flexibility index (Phi) is 6.16. The van der Waals surface area contributed by atoms with E-state index in [0.29, 0.717) is 5.13 Å². The Hall–Kier alpha value is -1.64. The number of thiazole rings is 1. The van der Waals surface area contributed by atoms with Crippen molar-refractivity contribution in [1.82, 2.24) is 4.98 Å². The summed E-state index contributed by atoms with van der Waals surface area (Å²) in [6.45, 7) is 5.47. The molecule has 0 unspecified atom stereocenters. The van der Waals surface area contributed by atoms with Crippen LogP contribution in [0.3, 0.4) is 0 Å². The highest BCUT2D eigenvalue weighted by Crippen LogP contribution is 2.33. The number of Topliss-reactive ketones (excluding diaryl/α,β-unsaturated/α-hetero) is 1. The molecule has 1 N–H and O–H groups in total. The lowest BCUT2D eigenvalue weighted by molar-refractivity contribution is -0.114. The van der Waals surface area contributed by atoms with Gasteiger partial charge in [0.2, 0.25) is 5.91 Å². The molecular formula is C18H19N3O2S3. The summed E-state index contributed by atoms with van der Waals surface area (Å²) in [5.41, 5.74) is 2.91. The second kappa shape index (κ2) is 8.37. The van der Waals surface area contributed by atoms with Crippen LogP contribution in [-0.2, 0) is 9.59 Å². The zero-order valence-electron chi connectivity index (χ0n) is 14.8. The Balaban J connectivity index is 1.58. The van der Waals surface area contributed by atoms with Gasteiger partial charge in [-0.3, -0.25) is 9.59 Å². The minimum atomic E-state index is -0.109. The van der Waals surface area contributed by atoms with Crippen molar-refractivity contribution in [2.45, 2.75) is 27.2 Å². The van der Waals surface area contributed by atoms with E-state index in [4.69, 9.17) is 0 Å². The van der Waals surface area contributed by atoms with Crippen LogP contribution in [0.25, 0.3) is 10.2 Å². The number of hydrogen-bond acceptors (Lipinski definition) is 7. The zero-order valence-corrected chi connectivity index (χ0v) is 17.2. The van der Waals surface area contributed by atoms with Crippen LogP contribution in [0.1, 0.15) is 25.8 Å². The molecule has 0 fully saturated rings. The first-order valence-electron chi connectivity index (χ1n) is 8.14. The van der Waals surface area contributed by atoms with E-state index in [1.165, 1.54) is 28.7 Å². The van der Waals surface area contributed by atoms with E-state index in [1.54, 1.807) is 18.7 Å². The van der Waals surface area contributed by atoms with Crippen molar-refractivity contribution in [3.05, 3.63) is 34.4 Å². The molecule has 3 rings (SSSR count). The third-order valence-electron chi connectivity index (χ3n) is 3.66. The smallest absolute Gasteiger partial charge is 0.236 e. The number of fused-ring (bicyclic) bond motifs is 1. The van der Waals surface area contributed by atoms with Crippen LogP contribution in [0.5, 0.6) is 0 Å². The number of thioether (sulfide) groups is 2. The molecule has 0 spiro atoms. The van der Waals surface area contributed by atoms with Crippen molar-refractivity contribution in [3.8, 4) is 0 Å². The van der Waals surface area contributed by atoms with Crippen molar-refractivity contribution in [1.29, 1.82) is 0 Å². The molecule has 1 aliphatic rings. The Morgan fingerprint density at radius 1 is 1.35 bits per heavy atom. The molecule has 0 bridgehead atoms. The highest BCUT2D eigenvalue weighted by Gasteiger charge is 2.18. The molecule has 0 saturated carbocycles. The quantitative estimate of drug-likeness (QED) is 0.580. The number of aryl methyl sites for hydroxylation is 1. The molecule has 1 aromatic heterocycles. The summed E-state index contributed by atoms with van der Waals surface area (Å²) in [7, 11) is 0. The van der Waals surface area contributed by atoms with Gasteiger partial charge in [-0.05, 0) is 38.5 Å². The monoisotopic (exact) mass is 405 g/mol. The standard InChI is InChI=1S/C18H19N3O2S3/c1-10-4-5-13-15(8-10)26-18(20-13)21-16(23)9-25-12(3)19-14-6-7-24-17(14)11(2)22/h4-5,8H,6-7,9H2,1-3H3,(H,20,21,23)/b19-12+. The van der Waals surface area contributed by atoms with Crippen molar-refractivity contribution in [2.24, 2.45) is 4.99 Å². The van der Waals surface area contributed by atoms with Crippen molar-refractivity contribution >= 4 is 66.9 Å². The van der Waals surface area contributed by atoms with Gasteiger partial charge in [-0.2, -0.15) is 0 Å². The number of nitrogens with zero attached hydrogens (tertiary/aromatic N) is 2. The molecule has 2 heterocycles. The third kappa shape index (κ3) is 4.75. The molecule has 0 aliphatic carbocycles. The SMILES string of the molecule is CC(=O)C1=C(/N=C(\C)SCC(=O)Nc2nc3ccc(C)cc3s2)CCS1. The molecule has 2 aromatic rings. The Bertz CT molecular complexity index is 931. The lowest BCUT2D eigenvalue weighted by Crippen LogP contribution is -2.14. The largest absolute Gasteiger partial charge is 0.301 e. The number of anilines is 1. The van der Waals surface area contributed by atoms with Gasteiger partial charge < -0.3 is 5.32 Å². The Morgan fingerprint density at radius 2 is 2.15 bits per heavy atom. The second-order valence-electron chi connectivity index (χ2n) is 5.89. The number of allylic oxidation sites excluding steroid dienone is 2. The molecule has 5 nitrogen and oxygen atoms in total. The fourth-order valence-corrected chi connectivity index (χ4v) is 5.08. The van der Waals surface area contributed by atoms with Crippen LogP contribution in [0.15, 0.2) is 33.8 Å². The molecule has 26 heavy (non-hydrogen) atoms. The number of aliphatic imine (C=N–C) groups is 1. The van der Waals surface area contributed by atoms with Crippen LogP contribution in [0.2, 0.25) is 0 Å². The minimum Gasteiger partial charge on any atom is -0.301 e. The molecule has 0 atom stereocenters.